The Morgan fingerprint density at radius 3 is 1.93 bits per heavy atom. The fourth-order valence-corrected chi connectivity index (χ4v) is 14.3. The monoisotopic (exact) mass is 669 g/mol. The van der Waals surface area contributed by atoms with Crippen LogP contribution in [0.2, 0.25) is 78.6 Å². The molecule has 4 unspecified atom stereocenters. The predicted molar refractivity (Wildman–Crippen MR) is 190 cm³/mol. The number of fused-ring (bicyclic) bond motifs is 5. The summed E-state index contributed by atoms with van der Waals surface area (Å²) in [5.41, 5.74) is 0.417. The minimum Gasteiger partial charge on any atom is -0.415 e. The Labute approximate surface area is 269 Å². The number of oxime groups is 1. The van der Waals surface area contributed by atoms with Crippen molar-refractivity contribution in [3.05, 3.63) is 0 Å². The minimum atomic E-state index is -1.98. The Bertz CT molecular complexity index is 999. The number of hydrogen-bond acceptors (Lipinski definition) is 6. The number of nitrogens with zero attached hydrogens (tertiary/aromatic N) is 1. The summed E-state index contributed by atoms with van der Waals surface area (Å²) in [5.74, 6) is 3.43. The molecule has 0 heterocycles. The van der Waals surface area contributed by atoms with Crippen molar-refractivity contribution in [2.24, 2.45) is 40.2 Å². The molecule has 0 aromatic carbocycles. The Balaban J connectivity index is 1.74. The second-order valence-corrected chi connectivity index (χ2v) is 36.5. The lowest BCUT2D eigenvalue weighted by Crippen LogP contribution is -2.65. The molecule has 250 valence electrons. The van der Waals surface area contributed by atoms with Crippen molar-refractivity contribution in [3.63, 3.8) is 0 Å². The first-order chi connectivity index (χ1) is 19.6. The maximum absolute atomic E-state index is 7.47. The molecule has 0 N–H and O–H groups in total. The summed E-state index contributed by atoms with van der Waals surface area (Å²) in [5, 5.41) is 4.78. The van der Waals surface area contributed by atoms with Gasteiger partial charge in [-0.3, -0.25) is 0 Å². The first-order valence-electron chi connectivity index (χ1n) is 17.4. The van der Waals surface area contributed by atoms with E-state index in [1.54, 1.807) is 7.11 Å². The minimum absolute atomic E-state index is 0.0795. The summed E-state index contributed by atoms with van der Waals surface area (Å²) in [6.07, 6.45) is 10.4. The highest BCUT2D eigenvalue weighted by molar-refractivity contribution is 6.71. The van der Waals surface area contributed by atoms with Crippen LogP contribution in [-0.2, 0) is 22.5 Å². The molecule has 0 spiro atoms. The van der Waals surface area contributed by atoms with Crippen molar-refractivity contribution < 1.29 is 22.5 Å². The maximum Gasteiger partial charge on any atom is 0.185 e. The first kappa shape index (κ1) is 36.0. The molecule has 4 saturated carbocycles. The topological polar surface area (TPSA) is 58.5 Å². The van der Waals surface area contributed by atoms with Gasteiger partial charge in [-0.2, -0.15) is 0 Å². The molecule has 0 radical (unpaired) electrons. The van der Waals surface area contributed by atoms with E-state index in [1.165, 1.54) is 38.5 Å². The number of rotatable bonds is 11. The van der Waals surface area contributed by atoms with E-state index >= 15 is 0 Å². The lowest BCUT2D eigenvalue weighted by Gasteiger charge is -2.62. The Hall–Kier alpha value is 0.178. The van der Waals surface area contributed by atoms with E-state index in [-0.39, 0.29) is 11.5 Å². The molecular weight excluding hydrogens is 603 g/mol. The second-order valence-electron chi connectivity index (χ2n) is 18.6. The van der Waals surface area contributed by atoms with Crippen LogP contribution >= 0.6 is 0 Å². The van der Waals surface area contributed by atoms with Crippen molar-refractivity contribution in [1.29, 1.82) is 0 Å². The molecule has 4 fully saturated rings. The van der Waals surface area contributed by atoms with Crippen LogP contribution in [0, 0.1) is 35.0 Å². The van der Waals surface area contributed by atoms with Gasteiger partial charge < -0.3 is 22.5 Å². The van der Waals surface area contributed by atoms with Crippen molar-refractivity contribution in [2.45, 2.75) is 155 Å². The van der Waals surface area contributed by atoms with Gasteiger partial charge in [-0.05, 0) is 160 Å². The Morgan fingerprint density at radius 1 is 0.744 bits per heavy atom. The molecule has 0 amide bonds. The predicted octanol–water partition coefficient (Wildman–Crippen LogP) is 9.13. The van der Waals surface area contributed by atoms with Crippen LogP contribution in [0.1, 0.15) is 58.3 Å². The zero-order chi connectivity index (χ0) is 32.2. The van der Waals surface area contributed by atoms with Gasteiger partial charge in [0.05, 0.1) is 6.61 Å². The van der Waals surface area contributed by atoms with Gasteiger partial charge in [0.15, 0.2) is 33.3 Å². The molecule has 4 aliphatic rings. The molecule has 10 heteroatoms. The standard InChI is InChI=1S/C33H67NO5Si4/c1-32-22-29(38-42(9,10)11)31-26-18-16-25(37-41(6,7)8)21-24(26)15-17-27(31)28(32)19-20-33(32,39-43(12,13)14)30(34-35-2)23-36-40(3,4)5/h24-29,31H,15-23H2,1-14H3/t24-,25-,26?,27?,28?,29+,31?,32+,33+/m1/s1. The van der Waals surface area contributed by atoms with Crippen molar-refractivity contribution >= 4 is 39.0 Å². The molecule has 0 aliphatic heterocycles. The van der Waals surface area contributed by atoms with E-state index < -0.39 is 38.9 Å². The van der Waals surface area contributed by atoms with Crippen LogP contribution < -0.4 is 0 Å². The highest BCUT2D eigenvalue weighted by Gasteiger charge is 2.69. The van der Waals surface area contributed by atoms with Crippen LogP contribution in [0.4, 0.5) is 0 Å². The lowest BCUT2D eigenvalue weighted by atomic mass is 9.48. The van der Waals surface area contributed by atoms with Crippen LogP contribution in [0.5, 0.6) is 0 Å². The highest BCUT2D eigenvalue weighted by Crippen LogP contribution is 2.67. The van der Waals surface area contributed by atoms with Crippen LogP contribution in [0.25, 0.3) is 0 Å². The zero-order valence-corrected chi connectivity index (χ0v) is 34.4. The van der Waals surface area contributed by atoms with Gasteiger partial charge in [-0.25, -0.2) is 0 Å². The van der Waals surface area contributed by atoms with E-state index in [0.29, 0.717) is 30.5 Å². The van der Waals surface area contributed by atoms with Crippen LogP contribution in [-0.4, -0.2) is 70.5 Å². The molecule has 0 aromatic heterocycles. The smallest absolute Gasteiger partial charge is 0.185 e. The molecule has 9 atom stereocenters. The SMILES string of the molecule is CON=C(CO[Si](C)(C)C)[C@@]1(O[Si](C)(C)C)CCC2C3CC[C@@H]4C[C@H](O[Si](C)(C)C)CCC4C3[C@@H](O[Si](C)(C)C)C[C@@]21C. The van der Waals surface area contributed by atoms with E-state index in [9.17, 15) is 0 Å². The number of hydrogen-bond donors (Lipinski definition) is 0. The van der Waals surface area contributed by atoms with Gasteiger partial charge in [0.1, 0.15) is 18.4 Å². The zero-order valence-electron chi connectivity index (χ0n) is 30.4. The first-order valence-corrected chi connectivity index (χ1v) is 31.0. The van der Waals surface area contributed by atoms with Gasteiger partial charge in [0.25, 0.3) is 0 Å². The fourth-order valence-electron chi connectivity index (χ4n) is 9.86. The maximum atomic E-state index is 7.47. The second kappa shape index (κ2) is 12.7. The summed E-state index contributed by atoms with van der Waals surface area (Å²) < 4.78 is 28.1. The molecular formula is C33H67NO5Si4. The summed E-state index contributed by atoms with van der Waals surface area (Å²) in [6.45, 7) is 31.0. The van der Waals surface area contributed by atoms with Gasteiger partial charge >= 0.3 is 0 Å². The van der Waals surface area contributed by atoms with Crippen molar-refractivity contribution in [1.82, 2.24) is 0 Å². The van der Waals surface area contributed by atoms with Crippen LogP contribution in [0.15, 0.2) is 5.16 Å². The third-order valence-electron chi connectivity index (χ3n) is 10.8. The summed E-state index contributed by atoms with van der Waals surface area (Å²) in [4.78, 5) is 5.60. The van der Waals surface area contributed by atoms with E-state index in [0.717, 1.165) is 30.4 Å². The summed E-state index contributed by atoms with van der Waals surface area (Å²) >= 11 is 0. The molecule has 4 aliphatic carbocycles. The molecule has 0 bridgehead atoms. The quantitative estimate of drug-likeness (QED) is 0.125. The van der Waals surface area contributed by atoms with Crippen molar-refractivity contribution in [2.75, 3.05) is 13.7 Å². The molecule has 4 rings (SSSR count). The van der Waals surface area contributed by atoms with Gasteiger partial charge in [0, 0.05) is 17.6 Å². The van der Waals surface area contributed by atoms with Crippen molar-refractivity contribution in [3.8, 4) is 0 Å². The van der Waals surface area contributed by atoms with Gasteiger partial charge in [-0.15, -0.1) is 0 Å². The third-order valence-corrected chi connectivity index (χ3v) is 14.8. The fraction of sp³-hybridized carbons (Fsp3) is 0.970. The Kier molecular flexibility index (Phi) is 10.6. The molecule has 0 saturated heterocycles. The largest absolute Gasteiger partial charge is 0.415 e. The van der Waals surface area contributed by atoms with Gasteiger partial charge in [-0.1, -0.05) is 12.1 Å². The highest BCUT2D eigenvalue weighted by atomic mass is 28.4. The van der Waals surface area contributed by atoms with Gasteiger partial charge in [0.2, 0.25) is 0 Å². The van der Waals surface area contributed by atoms with E-state index in [1.807, 2.05) is 0 Å². The lowest BCUT2D eigenvalue weighted by molar-refractivity contribution is -0.151. The molecule has 0 aromatic rings. The third kappa shape index (κ3) is 8.19. The van der Waals surface area contributed by atoms with Crippen LogP contribution in [0.3, 0.4) is 0 Å². The average Bonchev–Trinajstić information content (AvgIpc) is 3.09. The normalized spacial score (nSPS) is 39.2. The Morgan fingerprint density at radius 2 is 1.37 bits per heavy atom. The molecule has 43 heavy (non-hydrogen) atoms. The average molecular weight is 670 g/mol. The summed E-state index contributed by atoms with van der Waals surface area (Å²) in [6, 6.07) is 0. The van der Waals surface area contributed by atoms with E-state index in [4.69, 9.17) is 27.7 Å². The van der Waals surface area contributed by atoms with E-state index in [2.05, 4.69) is 85.5 Å². The molecule has 6 nitrogen and oxygen atoms in total. The summed E-state index contributed by atoms with van der Waals surface area (Å²) in [7, 11) is -5.41.